The van der Waals surface area contributed by atoms with Gasteiger partial charge in [-0.05, 0) is 42.0 Å². The Balaban J connectivity index is 0.00000142. The molecule has 2 aromatic carbocycles. The van der Waals surface area contributed by atoms with Gasteiger partial charge in [0.15, 0.2) is 17.7 Å². The zero-order valence-corrected chi connectivity index (χ0v) is 22.8. The van der Waals surface area contributed by atoms with Crippen LogP contribution in [0.1, 0.15) is 19.4 Å². The molecule has 0 radical (unpaired) electrons. The van der Waals surface area contributed by atoms with Gasteiger partial charge in [0.2, 0.25) is 0 Å². The number of hydrogen-bond donors (Lipinski definition) is 1. The number of pyridine rings is 2. The number of nitrogen functional groups attached to an aromatic ring is 1. The Morgan fingerprint density at radius 1 is 0.875 bits per heavy atom. The van der Waals surface area contributed by atoms with E-state index in [-0.39, 0.29) is 0 Å². The summed E-state index contributed by atoms with van der Waals surface area (Å²) >= 11 is 0. The normalized spacial score (nSPS) is 15.6. The predicted octanol–water partition coefficient (Wildman–Crippen LogP) is 5.36. The summed E-state index contributed by atoms with van der Waals surface area (Å²) in [6.45, 7) is 8.79. The molecule has 0 bridgehead atoms. The molecule has 5 aromatic rings. The van der Waals surface area contributed by atoms with Gasteiger partial charge < -0.3 is 10.6 Å². The molecule has 0 aliphatic carbocycles. The number of nitrogens with two attached hydrogens (primary N) is 1. The summed E-state index contributed by atoms with van der Waals surface area (Å²) in [7, 11) is 0. The van der Waals surface area contributed by atoms with E-state index in [0.717, 1.165) is 66.4 Å². The maximum absolute atomic E-state index is 9.03. The van der Waals surface area contributed by atoms with Crippen molar-refractivity contribution < 1.29 is 0 Å². The molecule has 8 heteroatoms. The van der Waals surface area contributed by atoms with Crippen LogP contribution in [0.25, 0.3) is 39.5 Å². The van der Waals surface area contributed by atoms with Gasteiger partial charge in [-0.15, -0.1) is 0 Å². The second-order valence-electron chi connectivity index (χ2n) is 10.4. The number of benzene rings is 2. The lowest BCUT2D eigenvalue weighted by atomic mass is 9.73. The van der Waals surface area contributed by atoms with Crippen molar-refractivity contribution in [3.8, 4) is 34.5 Å². The first-order valence-electron chi connectivity index (χ1n) is 13.7. The molecule has 8 nitrogen and oxygen atoms in total. The lowest BCUT2D eigenvalue weighted by Crippen LogP contribution is -2.70. The fourth-order valence-corrected chi connectivity index (χ4v) is 5.82. The predicted molar refractivity (Wildman–Crippen MR) is 158 cm³/mol. The number of aromatic nitrogens is 4. The van der Waals surface area contributed by atoms with Gasteiger partial charge in [-0.25, -0.2) is 15.0 Å². The molecule has 1 spiro atoms. The number of rotatable bonds is 5. The van der Waals surface area contributed by atoms with Crippen LogP contribution >= 0.6 is 0 Å². The number of likely N-dealkylation sites (tertiary alicyclic amines) is 2. The first kappa shape index (κ1) is 25.5. The largest absolute Gasteiger partial charge is 0.383 e. The molecular weight excluding hydrogens is 496 g/mol. The number of fused-ring (bicyclic) bond motifs is 1. The van der Waals surface area contributed by atoms with Crippen LogP contribution < -0.4 is 5.73 Å². The first-order chi connectivity index (χ1) is 19.6. The smallest absolute Gasteiger partial charge is 0.179 e. The average Bonchev–Trinajstić information content (AvgIpc) is 3.34. The third kappa shape index (κ3) is 4.55. The Hall–Kier alpha value is -4.74. The Labute approximate surface area is 234 Å². The average molecular weight is 529 g/mol. The van der Waals surface area contributed by atoms with Gasteiger partial charge in [-0.2, -0.15) is 5.26 Å². The molecule has 40 heavy (non-hydrogen) atoms. The minimum atomic E-state index is 0.325. The van der Waals surface area contributed by atoms with Gasteiger partial charge in [0, 0.05) is 55.6 Å². The monoisotopic (exact) mass is 528 g/mol. The van der Waals surface area contributed by atoms with Gasteiger partial charge in [0.1, 0.15) is 11.3 Å². The van der Waals surface area contributed by atoms with Crippen molar-refractivity contribution >= 4 is 17.0 Å². The van der Waals surface area contributed by atoms with E-state index in [9.17, 15) is 0 Å². The van der Waals surface area contributed by atoms with Crippen molar-refractivity contribution in [3.63, 3.8) is 0 Å². The van der Waals surface area contributed by atoms with Crippen molar-refractivity contribution in [1.82, 2.24) is 29.3 Å². The fourth-order valence-electron chi connectivity index (χ4n) is 5.82. The van der Waals surface area contributed by atoms with E-state index >= 15 is 0 Å². The molecule has 0 atom stereocenters. The molecule has 0 unspecified atom stereocenters. The molecule has 2 N–H and O–H groups in total. The van der Waals surface area contributed by atoms with Gasteiger partial charge in [0.05, 0.1) is 11.3 Å². The van der Waals surface area contributed by atoms with Crippen LogP contribution in [0.4, 0.5) is 5.82 Å². The molecule has 7 rings (SSSR count). The van der Waals surface area contributed by atoms with Crippen molar-refractivity contribution in [2.75, 3.05) is 31.9 Å². The van der Waals surface area contributed by atoms with Gasteiger partial charge in [0.25, 0.3) is 0 Å². The van der Waals surface area contributed by atoms with Crippen LogP contribution in [-0.2, 0) is 6.54 Å². The molecule has 2 saturated heterocycles. The van der Waals surface area contributed by atoms with Crippen molar-refractivity contribution in [3.05, 3.63) is 90.6 Å². The summed E-state index contributed by atoms with van der Waals surface area (Å²) in [4.78, 5) is 18.6. The van der Waals surface area contributed by atoms with E-state index in [2.05, 4.69) is 57.0 Å². The molecule has 2 aliphatic rings. The number of anilines is 1. The highest BCUT2D eigenvalue weighted by atomic mass is 15.3. The Bertz CT molecular complexity index is 1670. The van der Waals surface area contributed by atoms with Crippen LogP contribution in [-0.4, -0.2) is 55.5 Å². The summed E-state index contributed by atoms with van der Waals surface area (Å²) in [5.74, 6) is 1.15. The second-order valence-corrected chi connectivity index (χ2v) is 10.4. The summed E-state index contributed by atoms with van der Waals surface area (Å²) in [6.07, 6.45) is 3.93. The third-order valence-corrected chi connectivity index (χ3v) is 7.57. The van der Waals surface area contributed by atoms with Gasteiger partial charge in [-0.1, -0.05) is 56.3 Å². The van der Waals surface area contributed by atoms with Crippen molar-refractivity contribution in [2.24, 2.45) is 5.41 Å². The summed E-state index contributed by atoms with van der Waals surface area (Å²) < 4.78 is 2.07. The highest BCUT2D eigenvalue weighted by Gasteiger charge is 2.51. The molecular formula is C32H32N8. The molecule has 0 amide bonds. The minimum absolute atomic E-state index is 0.325. The first-order valence-corrected chi connectivity index (χ1v) is 13.7. The summed E-state index contributed by atoms with van der Waals surface area (Å²) in [5, 5.41) is 9.03. The second kappa shape index (κ2) is 10.4. The van der Waals surface area contributed by atoms with Crippen molar-refractivity contribution in [1.29, 1.82) is 5.26 Å². The van der Waals surface area contributed by atoms with Crippen LogP contribution in [0.3, 0.4) is 0 Å². The van der Waals surface area contributed by atoms with Crippen LogP contribution in [0.2, 0.25) is 0 Å². The van der Waals surface area contributed by atoms with Gasteiger partial charge >= 0.3 is 0 Å². The quantitative estimate of drug-likeness (QED) is 0.307. The zero-order valence-electron chi connectivity index (χ0n) is 22.8. The number of nitrogens with zero attached hydrogens (tertiary/aromatic N) is 7. The van der Waals surface area contributed by atoms with E-state index in [4.69, 9.17) is 21.0 Å². The minimum Gasteiger partial charge on any atom is -0.383 e. The highest BCUT2D eigenvalue weighted by Crippen LogP contribution is 2.40. The Morgan fingerprint density at radius 3 is 2.33 bits per heavy atom. The molecule has 2 aliphatic heterocycles. The maximum Gasteiger partial charge on any atom is 0.179 e. The summed E-state index contributed by atoms with van der Waals surface area (Å²) in [5.41, 5.74) is 13.1. The number of imidazole rings is 1. The summed E-state index contributed by atoms with van der Waals surface area (Å²) in [6, 6.07) is 26.6. The van der Waals surface area contributed by atoms with Crippen LogP contribution in [0, 0.1) is 16.9 Å². The van der Waals surface area contributed by atoms with Crippen LogP contribution in [0.15, 0.2) is 85.1 Å². The third-order valence-electron chi connectivity index (χ3n) is 7.57. The topological polar surface area (TPSA) is 99.9 Å². The maximum atomic E-state index is 9.03. The fraction of sp³-hybridized carbons (Fsp3) is 0.250. The van der Waals surface area contributed by atoms with Gasteiger partial charge in [-0.3, -0.25) is 9.47 Å². The van der Waals surface area contributed by atoms with E-state index in [1.165, 1.54) is 5.56 Å². The number of hydrogen-bond acceptors (Lipinski definition) is 7. The molecule has 3 aromatic heterocycles. The lowest BCUT2D eigenvalue weighted by molar-refractivity contribution is -0.0957. The highest BCUT2D eigenvalue weighted by molar-refractivity contribution is 5.84. The molecule has 5 heterocycles. The Kier molecular flexibility index (Phi) is 6.66. The van der Waals surface area contributed by atoms with Crippen LogP contribution in [0.5, 0.6) is 0 Å². The van der Waals surface area contributed by atoms with E-state index in [1.807, 2.05) is 61.2 Å². The lowest BCUT2D eigenvalue weighted by Gasteiger charge is -2.58. The van der Waals surface area contributed by atoms with E-state index in [1.54, 1.807) is 6.20 Å². The van der Waals surface area contributed by atoms with E-state index < -0.39 is 0 Å². The number of nitriles is 1. The Morgan fingerprint density at radius 2 is 1.62 bits per heavy atom. The SMILES string of the molecule is CC.N#CN1CC2(C1)CN(Cc1ccc(-n3c(-c4cccnc4N)nc4ccc(-c5ccccc5)nc43)cc1)C2. The standard InChI is InChI=1S/C30H26N8.C2H6/c31-20-37-18-30(19-37)16-36(17-30)15-21-8-10-23(11-9-21)38-28(24-7-4-14-33-27(24)32)35-26-13-12-25(34-29(26)38)22-5-2-1-3-6-22;1-2/h1-14H,15-19H2,(H2,32,33);1-2H3. The molecule has 0 saturated carbocycles. The molecule has 200 valence electrons. The molecule has 2 fully saturated rings. The van der Waals surface area contributed by atoms with Crippen molar-refractivity contribution in [2.45, 2.75) is 20.4 Å². The zero-order chi connectivity index (χ0) is 27.7. The van der Waals surface area contributed by atoms with E-state index in [0.29, 0.717) is 17.1 Å².